The number of aromatic amines is 1. The summed E-state index contributed by atoms with van der Waals surface area (Å²) in [4.78, 5) is 25.4. The number of H-pyrrole nitrogens is 1. The molecule has 4 rings (SSSR count). The Morgan fingerprint density at radius 1 is 1.30 bits per heavy atom. The summed E-state index contributed by atoms with van der Waals surface area (Å²) in [5.41, 5.74) is 3.40. The molecule has 2 aliphatic heterocycles. The Hall–Kier alpha value is -2.15. The summed E-state index contributed by atoms with van der Waals surface area (Å²) < 4.78 is 1.74. The highest BCUT2D eigenvalue weighted by Gasteiger charge is 2.47. The molecule has 0 atom stereocenters. The minimum atomic E-state index is -0.0308. The Morgan fingerprint density at radius 3 is 2.74 bits per heavy atom. The lowest BCUT2D eigenvalue weighted by molar-refractivity contribution is -0.135. The van der Waals surface area contributed by atoms with E-state index in [0.717, 1.165) is 51.1 Å². The number of nitrogens with one attached hydrogen (secondary N) is 1. The molecule has 0 radical (unpaired) electrons. The summed E-state index contributed by atoms with van der Waals surface area (Å²) in [6.07, 6.45) is 6.64. The second-order valence-electron chi connectivity index (χ2n) is 8.39. The number of hydrogen-bond acceptors (Lipinski definition) is 4. The third kappa shape index (κ3) is 3.40. The van der Waals surface area contributed by atoms with Gasteiger partial charge in [0.1, 0.15) is 6.54 Å². The van der Waals surface area contributed by atoms with E-state index in [-0.39, 0.29) is 11.4 Å². The third-order valence-electron chi connectivity index (χ3n) is 6.00. The first-order chi connectivity index (χ1) is 13.0. The van der Waals surface area contributed by atoms with Gasteiger partial charge in [-0.05, 0) is 31.7 Å². The van der Waals surface area contributed by atoms with Crippen molar-refractivity contribution in [2.24, 2.45) is 5.92 Å². The topological polar surface area (TPSA) is 70.1 Å². The number of likely N-dealkylation sites (tertiary alicyclic amines) is 1. The van der Waals surface area contributed by atoms with E-state index < -0.39 is 0 Å². The summed E-state index contributed by atoms with van der Waals surface area (Å²) in [7, 11) is 0. The molecule has 1 amide bonds. The van der Waals surface area contributed by atoms with Crippen molar-refractivity contribution in [1.29, 1.82) is 0 Å². The first kappa shape index (κ1) is 18.2. The molecule has 4 heterocycles. The number of rotatable bonds is 4. The zero-order valence-corrected chi connectivity index (χ0v) is 16.6. The Balaban J connectivity index is 1.49. The number of nitrogens with zero attached hydrogens (tertiary/aromatic N) is 5. The molecule has 0 bridgehead atoms. The Labute approximate surface area is 160 Å². The minimum absolute atomic E-state index is 0.0308. The highest BCUT2D eigenvalue weighted by Crippen LogP contribution is 2.42. The van der Waals surface area contributed by atoms with Gasteiger partial charge in [-0.1, -0.05) is 13.8 Å². The molecule has 2 aliphatic rings. The maximum absolute atomic E-state index is 12.7. The van der Waals surface area contributed by atoms with Gasteiger partial charge < -0.3 is 9.88 Å². The number of aryl methyl sites for hydroxylation is 1. The second-order valence-corrected chi connectivity index (χ2v) is 8.39. The van der Waals surface area contributed by atoms with E-state index in [0.29, 0.717) is 12.5 Å². The van der Waals surface area contributed by atoms with Gasteiger partial charge >= 0.3 is 0 Å². The van der Waals surface area contributed by atoms with Gasteiger partial charge in [0.15, 0.2) is 0 Å². The summed E-state index contributed by atoms with van der Waals surface area (Å²) in [5, 5.41) is 4.34. The average molecular weight is 371 g/mol. The van der Waals surface area contributed by atoms with E-state index in [9.17, 15) is 4.79 Å². The summed E-state index contributed by atoms with van der Waals surface area (Å²) in [6.45, 7) is 10.5. The van der Waals surface area contributed by atoms with Gasteiger partial charge in [-0.3, -0.25) is 14.4 Å². The van der Waals surface area contributed by atoms with Crippen molar-refractivity contribution in [3.8, 4) is 0 Å². The number of carbonyl (C=O) groups excluding carboxylic acids is 1. The van der Waals surface area contributed by atoms with Crippen LogP contribution in [-0.2, 0) is 23.3 Å². The maximum Gasteiger partial charge on any atom is 0.244 e. The molecule has 2 aromatic rings. The highest BCUT2D eigenvalue weighted by molar-refractivity contribution is 5.76. The third-order valence-corrected chi connectivity index (χ3v) is 6.00. The summed E-state index contributed by atoms with van der Waals surface area (Å²) in [6, 6.07) is 1.93. The number of carbonyl (C=O) groups is 1. The maximum atomic E-state index is 12.7. The number of imidazole rings is 1. The van der Waals surface area contributed by atoms with Gasteiger partial charge in [-0.25, -0.2) is 4.98 Å². The van der Waals surface area contributed by atoms with Gasteiger partial charge in [-0.15, -0.1) is 0 Å². The highest BCUT2D eigenvalue weighted by atomic mass is 16.2. The van der Waals surface area contributed by atoms with E-state index in [4.69, 9.17) is 4.98 Å². The fourth-order valence-electron chi connectivity index (χ4n) is 4.70. The molecule has 7 nitrogen and oxygen atoms in total. The van der Waals surface area contributed by atoms with Crippen molar-refractivity contribution in [2.45, 2.75) is 52.1 Å². The van der Waals surface area contributed by atoms with E-state index in [1.807, 2.05) is 30.4 Å². The van der Waals surface area contributed by atoms with Crippen LogP contribution >= 0.6 is 0 Å². The molecule has 0 saturated carbocycles. The predicted octanol–water partition coefficient (Wildman–Crippen LogP) is 1.95. The second kappa shape index (κ2) is 7.11. The number of amides is 1. The van der Waals surface area contributed by atoms with Crippen LogP contribution in [0.1, 0.15) is 43.8 Å². The van der Waals surface area contributed by atoms with Crippen LogP contribution in [0.2, 0.25) is 0 Å². The lowest BCUT2D eigenvalue weighted by atomic mass is 9.78. The van der Waals surface area contributed by atoms with Crippen LogP contribution in [0.25, 0.3) is 0 Å². The van der Waals surface area contributed by atoms with Gasteiger partial charge in [-0.2, -0.15) is 5.10 Å². The zero-order chi connectivity index (χ0) is 19.0. The monoisotopic (exact) mass is 370 g/mol. The average Bonchev–Trinajstić information content (AvgIpc) is 3.27. The van der Waals surface area contributed by atoms with Crippen LogP contribution in [0.15, 0.2) is 18.6 Å². The predicted molar refractivity (Wildman–Crippen MR) is 103 cm³/mol. The SMILES string of the molecule is Cc1ccn(CC(=O)N2CCC3(CC2)c2nc[nH]c2CCN3CC(C)C)n1. The standard InChI is InChI=1S/C20H30N6O/c1-15(2)12-25-8-5-17-19(22-14-21-17)20(25)6-10-24(11-7-20)18(27)13-26-9-4-16(3)23-26/h4,9,14-15H,5-8,10-13H2,1-3H3,(H,21,22). The number of fused-ring (bicyclic) bond motifs is 2. The molecule has 146 valence electrons. The van der Waals surface area contributed by atoms with Gasteiger partial charge in [0.25, 0.3) is 0 Å². The first-order valence-corrected chi connectivity index (χ1v) is 10.0. The van der Waals surface area contributed by atoms with E-state index in [1.54, 1.807) is 4.68 Å². The molecule has 0 aromatic carbocycles. The number of aromatic nitrogens is 4. The zero-order valence-electron chi connectivity index (χ0n) is 16.6. The van der Waals surface area contributed by atoms with E-state index in [1.165, 1.54) is 11.4 Å². The van der Waals surface area contributed by atoms with E-state index in [2.05, 4.69) is 28.8 Å². The van der Waals surface area contributed by atoms with E-state index >= 15 is 0 Å². The molecule has 7 heteroatoms. The molecule has 1 spiro atoms. The largest absolute Gasteiger partial charge is 0.348 e. The fourth-order valence-corrected chi connectivity index (χ4v) is 4.70. The lowest BCUT2D eigenvalue weighted by Gasteiger charge is -2.51. The van der Waals surface area contributed by atoms with Crippen molar-refractivity contribution in [1.82, 2.24) is 29.5 Å². The molecular weight excluding hydrogens is 340 g/mol. The van der Waals surface area contributed by atoms with Gasteiger partial charge in [0.2, 0.25) is 5.91 Å². The Bertz CT molecular complexity index is 799. The van der Waals surface area contributed by atoms with Crippen molar-refractivity contribution >= 4 is 5.91 Å². The molecule has 2 aromatic heterocycles. The molecule has 27 heavy (non-hydrogen) atoms. The Kier molecular flexibility index (Phi) is 4.80. The summed E-state index contributed by atoms with van der Waals surface area (Å²) >= 11 is 0. The molecule has 1 fully saturated rings. The van der Waals surface area contributed by atoms with Crippen molar-refractivity contribution in [3.05, 3.63) is 35.7 Å². The Morgan fingerprint density at radius 2 is 2.07 bits per heavy atom. The molecule has 1 N–H and O–H groups in total. The van der Waals surface area contributed by atoms with Crippen LogP contribution in [0.5, 0.6) is 0 Å². The molecule has 1 saturated heterocycles. The summed E-state index contributed by atoms with van der Waals surface area (Å²) in [5.74, 6) is 0.770. The number of hydrogen-bond donors (Lipinski definition) is 1. The molecule has 0 unspecified atom stereocenters. The fraction of sp³-hybridized carbons (Fsp3) is 0.650. The normalized spacial score (nSPS) is 19.6. The van der Waals surface area contributed by atoms with Crippen molar-refractivity contribution in [2.75, 3.05) is 26.2 Å². The van der Waals surface area contributed by atoms with Crippen LogP contribution in [-0.4, -0.2) is 61.6 Å². The lowest BCUT2D eigenvalue weighted by Crippen LogP contribution is -2.58. The smallest absolute Gasteiger partial charge is 0.244 e. The van der Waals surface area contributed by atoms with Gasteiger partial charge in [0, 0.05) is 44.5 Å². The van der Waals surface area contributed by atoms with Crippen LogP contribution in [0.4, 0.5) is 0 Å². The van der Waals surface area contributed by atoms with Crippen LogP contribution in [0, 0.1) is 12.8 Å². The van der Waals surface area contributed by atoms with Gasteiger partial charge in [0.05, 0.1) is 23.3 Å². The van der Waals surface area contributed by atoms with Crippen molar-refractivity contribution < 1.29 is 4.79 Å². The first-order valence-electron chi connectivity index (χ1n) is 10.0. The quantitative estimate of drug-likeness (QED) is 0.893. The van der Waals surface area contributed by atoms with Crippen LogP contribution < -0.4 is 0 Å². The minimum Gasteiger partial charge on any atom is -0.348 e. The number of piperidine rings is 1. The molecular formula is C20H30N6O. The molecule has 0 aliphatic carbocycles. The van der Waals surface area contributed by atoms with Crippen LogP contribution in [0.3, 0.4) is 0 Å². The van der Waals surface area contributed by atoms with Crippen molar-refractivity contribution in [3.63, 3.8) is 0 Å².